The van der Waals surface area contributed by atoms with E-state index in [-0.39, 0.29) is 24.2 Å². The van der Waals surface area contributed by atoms with Gasteiger partial charge in [0, 0.05) is 44.2 Å². The Morgan fingerprint density at radius 3 is 2.27 bits per heavy atom. The Bertz CT molecular complexity index is 612. The van der Waals surface area contributed by atoms with Gasteiger partial charge >= 0.3 is 0 Å². The summed E-state index contributed by atoms with van der Waals surface area (Å²) in [4.78, 5) is 29.3. The highest BCUT2D eigenvalue weighted by molar-refractivity contribution is 5.94. The number of carbonyl (C=O) groups is 2. The van der Waals surface area contributed by atoms with E-state index in [4.69, 9.17) is 5.73 Å². The first-order valence-electron chi connectivity index (χ1n) is 9.45. The molecule has 0 saturated carbocycles. The molecule has 0 bridgehead atoms. The van der Waals surface area contributed by atoms with Crippen molar-refractivity contribution in [3.8, 4) is 0 Å². The molecule has 2 heterocycles. The molecule has 3 rings (SSSR count). The van der Waals surface area contributed by atoms with Gasteiger partial charge in [-0.1, -0.05) is 19.1 Å². The van der Waals surface area contributed by atoms with E-state index in [2.05, 4.69) is 6.92 Å². The van der Waals surface area contributed by atoms with Crippen molar-refractivity contribution in [3.05, 3.63) is 35.4 Å². The SMILES string of the molecule is CC1CCCN(C(=O)C2CCN(C(=O)c3ccc(CN)cc3)CC2)C1.Cl. The minimum absolute atomic E-state index is 0. The highest BCUT2D eigenvalue weighted by Crippen LogP contribution is 2.24. The number of piperidine rings is 2. The number of benzene rings is 1. The number of carbonyl (C=O) groups excluding carboxylic acids is 2. The summed E-state index contributed by atoms with van der Waals surface area (Å²) in [6.07, 6.45) is 3.88. The summed E-state index contributed by atoms with van der Waals surface area (Å²) >= 11 is 0. The van der Waals surface area contributed by atoms with E-state index >= 15 is 0 Å². The summed E-state index contributed by atoms with van der Waals surface area (Å²) in [5.41, 5.74) is 7.33. The summed E-state index contributed by atoms with van der Waals surface area (Å²) in [6, 6.07) is 7.50. The average Bonchev–Trinajstić information content (AvgIpc) is 2.67. The molecule has 1 atom stereocenters. The summed E-state index contributed by atoms with van der Waals surface area (Å²) in [6.45, 7) is 5.82. The van der Waals surface area contributed by atoms with Gasteiger partial charge in [0.1, 0.15) is 0 Å². The number of rotatable bonds is 3. The van der Waals surface area contributed by atoms with Gasteiger partial charge in [-0.2, -0.15) is 0 Å². The van der Waals surface area contributed by atoms with Crippen LogP contribution in [0.3, 0.4) is 0 Å². The highest BCUT2D eigenvalue weighted by atomic mass is 35.5. The lowest BCUT2D eigenvalue weighted by Gasteiger charge is -2.37. The molecule has 2 aliphatic rings. The fraction of sp³-hybridized carbons (Fsp3) is 0.600. The molecule has 144 valence electrons. The van der Waals surface area contributed by atoms with Gasteiger partial charge in [0.25, 0.3) is 5.91 Å². The predicted octanol–water partition coefficient (Wildman–Crippen LogP) is 2.68. The Morgan fingerprint density at radius 1 is 1.04 bits per heavy atom. The summed E-state index contributed by atoms with van der Waals surface area (Å²) < 4.78 is 0. The molecule has 2 N–H and O–H groups in total. The second-order valence-electron chi connectivity index (χ2n) is 7.50. The molecular weight excluding hydrogens is 350 g/mol. The van der Waals surface area contributed by atoms with Crippen molar-refractivity contribution >= 4 is 24.2 Å². The Balaban J connectivity index is 0.00000243. The summed E-state index contributed by atoms with van der Waals surface area (Å²) in [5, 5.41) is 0. The minimum atomic E-state index is 0. The lowest BCUT2D eigenvalue weighted by atomic mass is 9.92. The molecule has 0 radical (unpaired) electrons. The van der Waals surface area contributed by atoms with E-state index in [1.807, 2.05) is 34.1 Å². The number of nitrogens with zero attached hydrogens (tertiary/aromatic N) is 2. The average molecular weight is 380 g/mol. The van der Waals surface area contributed by atoms with E-state index < -0.39 is 0 Å². The number of hydrogen-bond donors (Lipinski definition) is 1. The molecule has 0 aliphatic carbocycles. The maximum atomic E-state index is 12.7. The van der Waals surface area contributed by atoms with Crippen LogP contribution in [0.1, 0.15) is 48.5 Å². The first-order valence-corrected chi connectivity index (χ1v) is 9.45. The Hall–Kier alpha value is -1.59. The van der Waals surface area contributed by atoms with Gasteiger partial charge in [-0.3, -0.25) is 9.59 Å². The molecule has 0 aromatic heterocycles. The standard InChI is InChI=1S/C20H29N3O2.ClH/c1-15-3-2-10-23(14-15)20(25)18-8-11-22(12-9-18)19(24)17-6-4-16(13-21)5-7-17;/h4-7,15,18H,2-3,8-14,21H2,1H3;1H. The van der Waals surface area contributed by atoms with Crippen LogP contribution in [0.2, 0.25) is 0 Å². The van der Waals surface area contributed by atoms with Crippen LogP contribution in [0, 0.1) is 11.8 Å². The van der Waals surface area contributed by atoms with Crippen LogP contribution < -0.4 is 5.73 Å². The summed E-state index contributed by atoms with van der Waals surface area (Å²) in [5.74, 6) is 1.04. The smallest absolute Gasteiger partial charge is 0.253 e. The van der Waals surface area contributed by atoms with Crippen LogP contribution in [0.25, 0.3) is 0 Å². The van der Waals surface area contributed by atoms with Crippen LogP contribution in [0.5, 0.6) is 0 Å². The molecule has 5 nitrogen and oxygen atoms in total. The van der Waals surface area contributed by atoms with Crippen LogP contribution in [-0.2, 0) is 11.3 Å². The zero-order valence-electron chi connectivity index (χ0n) is 15.5. The van der Waals surface area contributed by atoms with E-state index in [9.17, 15) is 9.59 Å². The van der Waals surface area contributed by atoms with Crippen LogP contribution in [0.4, 0.5) is 0 Å². The number of hydrogen-bond acceptors (Lipinski definition) is 3. The third kappa shape index (κ3) is 4.77. The molecule has 2 saturated heterocycles. The van der Waals surface area contributed by atoms with E-state index in [0.29, 0.717) is 37.0 Å². The molecule has 2 amide bonds. The highest BCUT2D eigenvalue weighted by Gasteiger charge is 2.31. The van der Waals surface area contributed by atoms with Crippen molar-refractivity contribution in [2.45, 2.75) is 39.2 Å². The van der Waals surface area contributed by atoms with Crippen LogP contribution >= 0.6 is 12.4 Å². The van der Waals surface area contributed by atoms with Crippen molar-refractivity contribution in [1.29, 1.82) is 0 Å². The molecule has 2 fully saturated rings. The molecule has 1 aromatic carbocycles. The van der Waals surface area contributed by atoms with Gasteiger partial charge in [0.15, 0.2) is 0 Å². The maximum absolute atomic E-state index is 12.7. The normalized spacial score (nSPS) is 21.2. The fourth-order valence-electron chi connectivity index (χ4n) is 3.94. The maximum Gasteiger partial charge on any atom is 0.253 e. The van der Waals surface area contributed by atoms with Gasteiger partial charge in [0.05, 0.1) is 0 Å². The first kappa shape index (κ1) is 20.7. The number of nitrogens with two attached hydrogens (primary N) is 1. The monoisotopic (exact) mass is 379 g/mol. The van der Waals surface area contributed by atoms with E-state index in [1.54, 1.807) is 0 Å². The van der Waals surface area contributed by atoms with Crippen LogP contribution in [-0.4, -0.2) is 47.8 Å². The second-order valence-corrected chi connectivity index (χ2v) is 7.50. The lowest BCUT2D eigenvalue weighted by Crippen LogP contribution is -2.47. The molecule has 1 unspecified atom stereocenters. The number of halogens is 1. The van der Waals surface area contributed by atoms with Gasteiger partial charge in [-0.15, -0.1) is 12.4 Å². The van der Waals surface area contributed by atoms with Crippen molar-refractivity contribution in [3.63, 3.8) is 0 Å². The first-order chi connectivity index (χ1) is 12.1. The van der Waals surface area contributed by atoms with E-state index in [1.165, 1.54) is 6.42 Å². The predicted molar refractivity (Wildman–Crippen MR) is 105 cm³/mol. The Kier molecular flexibility index (Phi) is 7.47. The molecule has 26 heavy (non-hydrogen) atoms. The minimum Gasteiger partial charge on any atom is -0.342 e. The van der Waals surface area contributed by atoms with Crippen molar-refractivity contribution in [1.82, 2.24) is 9.80 Å². The van der Waals surface area contributed by atoms with E-state index in [0.717, 1.165) is 37.9 Å². The third-order valence-electron chi connectivity index (χ3n) is 5.54. The Morgan fingerprint density at radius 2 is 1.69 bits per heavy atom. The van der Waals surface area contributed by atoms with Crippen molar-refractivity contribution in [2.24, 2.45) is 17.6 Å². The van der Waals surface area contributed by atoms with Gasteiger partial charge in [-0.25, -0.2) is 0 Å². The molecule has 0 spiro atoms. The molecule has 2 aliphatic heterocycles. The fourth-order valence-corrected chi connectivity index (χ4v) is 3.94. The topological polar surface area (TPSA) is 66.6 Å². The third-order valence-corrected chi connectivity index (χ3v) is 5.54. The summed E-state index contributed by atoms with van der Waals surface area (Å²) in [7, 11) is 0. The van der Waals surface area contributed by atoms with Crippen molar-refractivity contribution < 1.29 is 9.59 Å². The molecule has 1 aromatic rings. The second kappa shape index (κ2) is 9.38. The van der Waals surface area contributed by atoms with Crippen LogP contribution in [0.15, 0.2) is 24.3 Å². The Labute approximate surface area is 162 Å². The van der Waals surface area contributed by atoms with Crippen molar-refractivity contribution in [2.75, 3.05) is 26.2 Å². The zero-order chi connectivity index (χ0) is 17.8. The largest absolute Gasteiger partial charge is 0.342 e. The quantitative estimate of drug-likeness (QED) is 0.877. The molecular formula is C20H30ClN3O2. The number of likely N-dealkylation sites (tertiary alicyclic amines) is 2. The zero-order valence-corrected chi connectivity index (χ0v) is 16.3. The van der Waals surface area contributed by atoms with Gasteiger partial charge in [-0.05, 0) is 49.3 Å². The van der Waals surface area contributed by atoms with Gasteiger partial charge < -0.3 is 15.5 Å². The molecule has 6 heteroatoms. The number of amides is 2. The van der Waals surface area contributed by atoms with Gasteiger partial charge in [0.2, 0.25) is 5.91 Å². The lowest BCUT2D eigenvalue weighted by molar-refractivity contribution is -0.138.